The van der Waals surface area contributed by atoms with E-state index < -0.39 is 17.1 Å². The summed E-state index contributed by atoms with van der Waals surface area (Å²) in [6.45, 7) is 1.65. The van der Waals surface area contributed by atoms with Crippen LogP contribution in [0.25, 0.3) is 16.7 Å². The number of halogens is 1. The summed E-state index contributed by atoms with van der Waals surface area (Å²) in [5.74, 6) is 2.04. The molecule has 0 aliphatic carbocycles. The summed E-state index contributed by atoms with van der Waals surface area (Å²) in [5, 5.41) is 0.207. The van der Waals surface area contributed by atoms with Crippen LogP contribution in [0, 0.1) is 5.82 Å². The van der Waals surface area contributed by atoms with Gasteiger partial charge in [-0.2, -0.15) is 16.7 Å². The molecule has 1 N–H and O–H groups in total. The highest BCUT2D eigenvalue weighted by atomic mass is 32.2. The van der Waals surface area contributed by atoms with E-state index in [9.17, 15) is 14.0 Å². The van der Waals surface area contributed by atoms with Gasteiger partial charge in [-0.3, -0.25) is 9.78 Å². The Morgan fingerprint density at radius 1 is 1.12 bits per heavy atom. The number of fused-ring (bicyclic) bond motifs is 1. The number of nitrogens with zero attached hydrogens (tertiary/aromatic N) is 4. The molecule has 1 fully saturated rings. The molecule has 1 aliphatic heterocycles. The number of hydrogen-bond donors (Lipinski definition) is 1. The lowest BCUT2D eigenvalue weighted by molar-refractivity contribution is 0.627. The highest BCUT2D eigenvalue weighted by Crippen LogP contribution is 2.16. The molecule has 9 heteroatoms. The van der Waals surface area contributed by atoms with E-state index in [4.69, 9.17) is 0 Å². The van der Waals surface area contributed by atoms with Crippen molar-refractivity contribution in [3.63, 3.8) is 0 Å². The quantitative estimate of drug-likeness (QED) is 0.739. The molecule has 0 bridgehead atoms. The Morgan fingerprint density at radius 2 is 1.84 bits per heavy atom. The van der Waals surface area contributed by atoms with E-state index in [-0.39, 0.29) is 16.7 Å². The minimum atomic E-state index is -0.622. The fraction of sp³-hybridized carbons (Fsp3) is 0.250. The molecular weight excluding hydrogens is 345 g/mol. The van der Waals surface area contributed by atoms with Gasteiger partial charge in [-0.05, 0) is 24.3 Å². The number of aromatic nitrogens is 4. The average molecular weight is 359 g/mol. The van der Waals surface area contributed by atoms with Gasteiger partial charge in [0.05, 0.1) is 5.69 Å². The SMILES string of the molecule is O=c1[nH]c2nc(N3CCSCC3)ncc2c(=O)n1-c1ccc(F)cc1. The molecule has 3 heterocycles. The van der Waals surface area contributed by atoms with Crippen LogP contribution in [0.1, 0.15) is 0 Å². The predicted molar refractivity (Wildman–Crippen MR) is 95.3 cm³/mol. The molecule has 0 saturated carbocycles. The molecule has 2 aromatic heterocycles. The van der Waals surface area contributed by atoms with E-state index in [0.717, 1.165) is 29.2 Å². The van der Waals surface area contributed by atoms with E-state index in [1.165, 1.54) is 30.5 Å². The van der Waals surface area contributed by atoms with Crippen LogP contribution in [0.5, 0.6) is 0 Å². The topological polar surface area (TPSA) is 83.9 Å². The van der Waals surface area contributed by atoms with E-state index >= 15 is 0 Å². The predicted octanol–water partition coefficient (Wildman–Crippen LogP) is 1.16. The maximum absolute atomic E-state index is 13.1. The molecule has 128 valence electrons. The number of thioether (sulfide) groups is 1. The summed E-state index contributed by atoms with van der Waals surface area (Å²) in [6.07, 6.45) is 1.43. The molecule has 3 aromatic rings. The van der Waals surface area contributed by atoms with Gasteiger partial charge < -0.3 is 4.90 Å². The van der Waals surface area contributed by atoms with Crippen LogP contribution in [-0.2, 0) is 0 Å². The van der Waals surface area contributed by atoms with Gasteiger partial charge in [0.2, 0.25) is 5.95 Å². The Kier molecular flexibility index (Phi) is 4.00. The van der Waals surface area contributed by atoms with Crippen LogP contribution in [0.15, 0.2) is 40.1 Å². The van der Waals surface area contributed by atoms with Gasteiger partial charge in [-0.15, -0.1) is 0 Å². The van der Waals surface area contributed by atoms with Crippen molar-refractivity contribution in [3.8, 4) is 5.69 Å². The highest BCUT2D eigenvalue weighted by Gasteiger charge is 2.16. The zero-order valence-corrected chi connectivity index (χ0v) is 13.9. The minimum Gasteiger partial charge on any atom is -0.339 e. The number of rotatable bonds is 2. The second-order valence-electron chi connectivity index (χ2n) is 5.58. The van der Waals surface area contributed by atoms with Crippen molar-refractivity contribution in [2.45, 2.75) is 0 Å². The smallest absolute Gasteiger partial charge is 0.334 e. The van der Waals surface area contributed by atoms with Gasteiger partial charge in [-0.1, -0.05) is 0 Å². The maximum Gasteiger partial charge on any atom is 0.334 e. The first-order chi connectivity index (χ1) is 12.1. The van der Waals surface area contributed by atoms with Crippen LogP contribution in [0.4, 0.5) is 10.3 Å². The minimum absolute atomic E-state index is 0.205. The Bertz CT molecular complexity index is 1040. The number of aromatic amines is 1. The molecule has 1 saturated heterocycles. The fourth-order valence-electron chi connectivity index (χ4n) is 2.73. The number of H-pyrrole nitrogens is 1. The van der Waals surface area contributed by atoms with Crippen molar-refractivity contribution in [3.05, 3.63) is 57.1 Å². The lowest BCUT2D eigenvalue weighted by Gasteiger charge is -2.26. The van der Waals surface area contributed by atoms with E-state index in [2.05, 4.69) is 15.0 Å². The van der Waals surface area contributed by atoms with Crippen molar-refractivity contribution < 1.29 is 4.39 Å². The third-order valence-corrected chi connectivity index (χ3v) is 4.96. The monoisotopic (exact) mass is 359 g/mol. The Balaban J connectivity index is 1.84. The summed E-state index contributed by atoms with van der Waals surface area (Å²) < 4.78 is 14.0. The molecule has 7 nitrogen and oxygen atoms in total. The van der Waals surface area contributed by atoms with Gasteiger partial charge in [-0.25, -0.2) is 18.7 Å². The highest BCUT2D eigenvalue weighted by molar-refractivity contribution is 7.99. The summed E-state index contributed by atoms with van der Waals surface area (Å²) in [4.78, 5) is 38.3. The van der Waals surface area contributed by atoms with Crippen molar-refractivity contribution >= 4 is 28.7 Å². The van der Waals surface area contributed by atoms with Crippen LogP contribution in [0.3, 0.4) is 0 Å². The van der Waals surface area contributed by atoms with Crippen molar-refractivity contribution in [2.75, 3.05) is 29.5 Å². The Hall–Kier alpha value is -2.68. The van der Waals surface area contributed by atoms with Crippen molar-refractivity contribution in [1.29, 1.82) is 0 Å². The largest absolute Gasteiger partial charge is 0.339 e. The zero-order valence-electron chi connectivity index (χ0n) is 13.1. The zero-order chi connectivity index (χ0) is 17.4. The van der Waals surface area contributed by atoms with Crippen LogP contribution >= 0.6 is 11.8 Å². The second-order valence-corrected chi connectivity index (χ2v) is 6.80. The molecule has 0 spiro atoms. The van der Waals surface area contributed by atoms with E-state index in [1.54, 1.807) is 0 Å². The number of nitrogens with one attached hydrogen (secondary N) is 1. The van der Waals surface area contributed by atoms with Gasteiger partial charge in [0.25, 0.3) is 5.56 Å². The standard InChI is InChI=1S/C16H14FN5O2S/c17-10-1-3-11(4-2-10)22-14(23)12-9-18-15(19-13(12)20-16(22)24)21-5-7-25-8-6-21/h1-4,9H,5-8H2,(H,18,19,20,24). The molecule has 0 amide bonds. The van der Waals surface area contributed by atoms with Gasteiger partial charge in [0, 0.05) is 30.8 Å². The summed E-state index contributed by atoms with van der Waals surface area (Å²) in [5.41, 5.74) is -0.669. The third kappa shape index (κ3) is 2.91. The molecular formula is C16H14FN5O2S. The third-order valence-electron chi connectivity index (χ3n) is 4.02. The molecule has 0 unspecified atom stereocenters. The number of hydrogen-bond acceptors (Lipinski definition) is 6. The molecule has 25 heavy (non-hydrogen) atoms. The first kappa shape index (κ1) is 15.8. The molecule has 0 radical (unpaired) electrons. The fourth-order valence-corrected chi connectivity index (χ4v) is 3.64. The lowest BCUT2D eigenvalue weighted by atomic mass is 10.3. The second kappa shape index (κ2) is 6.32. The van der Waals surface area contributed by atoms with Crippen LogP contribution < -0.4 is 16.1 Å². The lowest BCUT2D eigenvalue weighted by Crippen LogP contribution is -2.36. The van der Waals surface area contributed by atoms with Crippen molar-refractivity contribution in [1.82, 2.24) is 19.5 Å². The van der Waals surface area contributed by atoms with Crippen molar-refractivity contribution in [2.24, 2.45) is 0 Å². The maximum atomic E-state index is 13.1. The summed E-state index contributed by atoms with van der Waals surface area (Å²) >= 11 is 1.87. The van der Waals surface area contributed by atoms with Gasteiger partial charge >= 0.3 is 5.69 Å². The Morgan fingerprint density at radius 3 is 2.56 bits per heavy atom. The molecule has 0 atom stereocenters. The van der Waals surface area contributed by atoms with Crippen LogP contribution in [0.2, 0.25) is 0 Å². The molecule has 1 aliphatic rings. The molecule has 4 rings (SSSR count). The summed E-state index contributed by atoms with van der Waals surface area (Å²) in [7, 11) is 0. The first-order valence-electron chi connectivity index (χ1n) is 7.74. The first-order valence-corrected chi connectivity index (χ1v) is 8.90. The summed E-state index contributed by atoms with van der Waals surface area (Å²) in [6, 6.07) is 5.13. The van der Waals surface area contributed by atoms with E-state index in [0.29, 0.717) is 5.95 Å². The normalized spacial score (nSPS) is 14.8. The average Bonchev–Trinajstić information content (AvgIpc) is 2.63. The Labute approximate surface area is 145 Å². The number of benzene rings is 1. The number of anilines is 1. The van der Waals surface area contributed by atoms with Gasteiger partial charge in [0.1, 0.15) is 11.2 Å². The van der Waals surface area contributed by atoms with E-state index in [1.807, 2.05) is 16.7 Å². The molecule has 1 aromatic carbocycles. The van der Waals surface area contributed by atoms with Crippen LogP contribution in [-0.4, -0.2) is 44.1 Å². The van der Waals surface area contributed by atoms with Gasteiger partial charge in [0.15, 0.2) is 5.65 Å².